The number of nitrogens with zero attached hydrogens (tertiary/aromatic N) is 4. The molecule has 0 amide bonds. The van der Waals surface area contributed by atoms with Crippen LogP contribution in [0.5, 0.6) is 0 Å². The van der Waals surface area contributed by atoms with E-state index in [0.717, 1.165) is 67.9 Å². The van der Waals surface area contributed by atoms with Gasteiger partial charge in [0.1, 0.15) is 0 Å². The van der Waals surface area contributed by atoms with Gasteiger partial charge >= 0.3 is 0 Å². The summed E-state index contributed by atoms with van der Waals surface area (Å²) < 4.78 is 2.42. The molecule has 11 rings (SSSR count). The zero-order valence-electron chi connectivity index (χ0n) is 35.2. The third-order valence-electron chi connectivity index (χ3n) is 11.9. The van der Waals surface area contributed by atoms with E-state index >= 15 is 0 Å². The van der Waals surface area contributed by atoms with Crippen molar-refractivity contribution in [3.63, 3.8) is 0 Å². The van der Waals surface area contributed by atoms with E-state index in [0.29, 0.717) is 0 Å². The number of anilines is 9. The SMILES string of the molecule is c1ccc(-c2cccc3c2c2ccc(N(c4cccc(N(c5ccccc5)c5ccccc5)c4)c4cccc(N(c5ccccc5)c5ccccc5)c4)cc2n3-c2ccccc2)cc1. The summed E-state index contributed by atoms with van der Waals surface area (Å²) in [7, 11) is 0. The highest BCUT2D eigenvalue weighted by atomic mass is 15.2. The van der Waals surface area contributed by atoms with Gasteiger partial charge in [-0.1, -0.05) is 152 Å². The number of benzene rings is 10. The molecule has 1 aromatic heterocycles. The van der Waals surface area contributed by atoms with Gasteiger partial charge in [-0.2, -0.15) is 0 Å². The molecule has 0 saturated carbocycles. The van der Waals surface area contributed by atoms with Gasteiger partial charge in [-0.3, -0.25) is 0 Å². The normalized spacial score (nSPS) is 11.1. The molecule has 0 bridgehead atoms. The lowest BCUT2D eigenvalue weighted by atomic mass is 9.99. The topological polar surface area (TPSA) is 14.7 Å². The fourth-order valence-electron chi connectivity index (χ4n) is 9.10. The molecule has 10 aromatic carbocycles. The molecule has 0 aliphatic carbocycles. The summed E-state index contributed by atoms with van der Waals surface area (Å²) in [5, 5.41) is 2.43. The van der Waals surface area contributed by atoms with Gasteiger partial charge in [0.05, 0.1) is 11.0 Å². The van der Waals surface area contributed by atoms with Crippen molar-refractivity contribution in [2.75, 3.05) is 14.7 Å². The Bertz CT molecular complexity index is 3110. The molecule has 0 unspecified atom stereocenters. The van der Waals surface area contributed by atoms with Gasteiger partial charge in [0.2, 0.25) is 0 Å². The van der Waals surface area contributed by atoms with E-state index in [-0.39, 0.29) is 0 Å². The van der Waals surface area contributed by atoms with Crippen LogP contribution in [0.1, 0.15) is 0 Å². The van der Waals surface area contributed by atoms with Crippen molar-refractivity contribution in [2.45, 2.75) is 0 Å². The van der Waals surface area contributed by atoms with E-state index in [9.17, 15) is 0 Å². The average Bonchev–Trinajstić information content (AvgIpc) is 3.70. The highest BCUT2D eigenvalue weighted by Gasteiger charge is 2.22. The predicted octanol–water partition coefficient (Wildman–Crippen LogP) is 16.9. The second kappa shape index (κ2) is 17.0. The van der Waals surface area contributed by atoms with E-state index in [1.54, 1.807) is 0 Å². The first-order chi connectivity index (χ1) is 31.8. The molecule has 0 fully saturated rings. The summed E-state index contributed by atoms with van der Waals surface area (Å²) in [6.45, 7) is 0. The van der Waals surface area contributed by atoms with Crippen LogP contribution in [0.15, 0.2) is 267 Å². The van der Waals surface area contributed by atoms with Crippen LogP contribution in [-0.4, -0.2) is 4.57 Å². The molecule has 0 spiro atoms. The lowest BCUT2D eigenvalue weighted by Gasteiger charge is -2.31. The van der Waals surface area contributed by atoms with Crippen LogP contribution < -0.4 is 14.7 Å². The first kappa shape index (κ1) is 38.3. The van der Waals surface area contributed by atoms with E-state index in [2.05, 4.69) is 286 Å². The van der Waals surface area contributed by atoms with Crippen LogP contribution in [0.3, 0.4) is 0 Å². The van der Waals surface area contributed by atoms with Gasteiger partial charge in [0, 0.05) is 67.6 Å². The molecule has 4 heteroatoms. The van der Waals surface area contributed by atoms with Crippen molar-refractivity contribution >= 4 is 73.0 Å². The standard InChI is InChI=1S/C60H44N4/c1-7-22-45(23-8-1)56-38-21-39-58-60(56)57-41-40-55(44-59(57)64(58)50-32-17-6-18-33-50)63(53-36-19-34-51(42-53)61(46-24-9-2-10-25-46)47-26-11-3-12-27-47)54-37-20-35-52(43-54)62(48-28-13-4-14-29-48)49-30-15-5-16-31-49/h1-44H. The van der Waals surface area contributed by atoms with Gasteiger partial charge in [-0.15, -0.1) is 0 Å². The minimum Gasteiger partial charge on any atom is -0.310 e. The summed E-state index contributed by atoms with van der Waals surface area (Å²) >= 11 is 0. The zero-order valence-corrected chi connectivity index (χ0v) is 35.2. The van der Waals surface area contributed by atoms with E-state index < -0.39 is 0 Å². The van der Waals surface area contributed by atoms with Crippen molar-refractivity contribution in [3.05, 3.63) is 267 Å². The van der Waals surface area contributed by atoms with E-state index in [1.165, 1.54) is 21.9 Å². The molecule has 0 aliphatic rings. The van der Waals surface area contributed by atoms with Crippen LogP contribution in [0.2, 0.25) is 0 Å². The molecule has 0 saturated heterocycles. The van der Waals surface area contributed by atoms with Crippen molar-refractivity contribution in [1.29, 1.82) is 0 Å². The lowest BCUT2D eigenvalue weighted by Crippen LogP contribution is -2.14. The van der Waals surface area contributed by atoms with E-state index in [1.807, 2.05) is 0 Å². The van der Waals surface area contributed by atoms with Gasteiger partial charge in [-0.25, -0.2) is 0 Å². The van der Waals surface area contributed by atoms with Gasteiger partial charge in [0.15, 0.2) is 0 Å². The van der Waals surface area contributed by atoms with Gasteiger partial charge in [0.25, 0.3) is 0 Å². The third kappa shape index (κ3) is 7.23. The lowest BCUT2D eigenvalue weighted by molar-refractivity contribution is 1.18. The molecular formula is C60H44N4. The van der Waals surface area contributed by atoms with Crippen LogP contribution >= 0.6 is 0 Å². The predicted molar refractivity (Wildman–Crippen MR) is 270 cm³/mol. The Hall–Kier alpha value is -8.60. The number of aromatic nitrogens is 1. The Balaban J connectivity index is 1.16. The Morgan fingerprint density at radius 2 is 0.609 bits per heavy atom. The first-order valence-corrected chi connectivity index (χ1v) is 21.8. The smallest absolute Gasteiger partial charge is 0.0562 e. The number of hydrogen-bond donors (Lipinski definition) is 0. The van der Waals surface area contributed by atoms with E-state index in [4.69, 9.17) is 0 Å². The van der Waals surface area contributed by atoms with Crippen LogP contribution in [0.4, 0.5) is 51.2 Å². The Morgan fingerprint density at radius 3 is 1.06 bits per heavy atom. The minimum atomic E-state index is 1.03. The highest BCUT2D eigenvalue weighted by Crippen LogP contribution is 2.45. The van der Waals surface area contributed by atoms with Crippen LogP contribution in [0.25, 0.3) is 38.6 Å². The third-order valence-corrected chi connectivity index (χ3v) is 11.9. The number of para-hydroxylation sites is 5. The summed E-state index contributed by atoms with van der Waals surface area (Å²) in [4.78, 5) is 7.05. The summed E-state index contributed by atoms with van der Waals surface area (Å²) in [6.07, 6.45) is 0. The molecule has 11 aromatic rings. The molecule has 0 aliphatic heterocycles. The molecular weight excluding hydrogens is 777 g/mol. The number of rotatable bonds is 11. The summed E-state index contributed by atoms with van der Waals surface area (Å²) in [6, 6.07) is 95.4. The highest BCUT2D eigenvalue weighted by molar-refractivity contribution is 6.16. The van der Waals surface area contributed by atoms with Crippen LogP contribution in [0, 0.1) is 0 Å². The Kier molecular flexibility index (Phi) is 10.2. The Morgan fingerprint density at radius 1 is 0.250 bits per heavy atom. The van der Waals surface area contributed by atoms with Crippen molar-refractivity contribution in [1.82, 2.24) is 4.57 Å². The maximum Gasteiger partial charge on any atom is 0.0562 e. The molecule has 0 N–H and O–H groups in total. The molecule has 0 radical (unpaired) electrons. The second-order valence-electron chi connectivity index (χ2n) is 15.8. The molecule has 0 atom stereocenters. The second-order valence-corrected chi connectivity index (χ2v) is 15.8. The molecule has 1 heterocycles. The average molecular weight is 821 g/mol. The van der Waals surface area contributed by atoms with Crippen molar-refractivity contribution in [2.24, 2.45) is 0 Å². The van der Waals surface area contributed by atoms with Gasteiger partial charge < -0.3 is 19.3 Å². The number of fused-ring (bicyclic) bond motifs is 3. The van der Waals surface area contributed by atoms with Gasteiger partial charge in [-0.05, 0) is 126 Å². The fourth-order valence-corrected chi connectivity index (χ4v) is 9.10. The largest absolute Gasteiger partial charge is 0.310 e. The maximum atomic E-state index is 2.42. The minimum absolute atomic E-state index is 1.03. The Labute approximate surface area is 374 Å². The maximum absolute atomic E-state index is 2.42. The monoisotopic (exact) mass is 820 g/mol. The number of hydrogen-bond acceptors (Lipinski definition) is 3. The van der Waals surface area contributed by atoms with Crippen molar-refractivity contribution < 1.29 is 0 Å². The summed E-state index contributed by atoms with van der Waals surface area (Å²) in [5.74, 6) is 0. The first-order valence-electron chi connectivity index (χ1n) is 21.8. The summed E-state index contributed by atoms with van der Waals surface area (Å²) in [5.41, 5.74) is 15.4. The zero-order chi connectivity index (χ0) is 42.7. The molecule has 304 valence electrons. The molecule has 64 heavy (non-hydrogen) atoms. The quantitative estimate of drug-likeness (QED) is 0.129. The van der Waals surface area contributed by atoms with Crippen LogP contribution in [-0.2, 0) is 0 Å². The molecule has 4 nitrogen and oxygen atoms in total. The fraction of sp³-hybridized carbons (Fsp3) is 0. The van der Waals surface area contributed by atoms with Crippen molar-refractivity contribution in [3.8, 4) is 16.8 Å².